The van der Waals surface area contributed by atoms with Gasteiger partial charge in [0, 0.05) is 12.5 Å². The van der Waals surface area contributed by atoms with Gasteiger partial charge in [-0.25, -0.2) is 0 Å². The van der Waals surface area contributed by atoms with Crippen LogP contribution in [0.1, 0.15) is 5.56 Å². The first-order valence-corrected chi connectivity index (χ1v) is 4.40. The van der Waals surface area contributed by atoms with Crippen molar-refractivity contribution in [1.82, 2.24) is 0 Å². The van der Waals surface area contributed by atoms with Gasteiger partial charge in [-0.1, -0.05) is 12.1 Å². The van der Waals surface area contributed by atoms with Crippen LogP contribution in [0.4, 0.5) is 23.2 Å². The fourth-order valence-corrected chi connectivity index (χ4v) is 1.19. The molecule has 1 aromatic carbocycles. The Morgan fingerprint density at radius 1 is 1.41 bits per heavy atom. The molecule has 4 nitrogen and oxygen atoms in total. The van der Waals surface area contributed by atoms with Gasteiger partial charge in [0.05, 0.1) is 4.92 Å². The van der Waals surface area contributed by atoms with E-state index < -0.39 is 40.7 Å². The number of hydrogen-bond donors (Lipinski definition) is 1. The standard InChI is InChI=1S/C9H7F4NO3/c10-8-5(4-7(15)9(11,12)13)2-1-3-6(8)14(16)17/h1-3,7,15H,4H2. The monoisotopic (exact) mass is 253 g/mol. The fourth-order valence-electron chi connectivity index (χ4n) is 1.19. The van der Waals surface area contributed by atoms with Gasteiger partial charge in [-0.15, -0.1) is 0 Å². The van der Waals surface area contributed by atoms with Crippen LogP contribution < -0.4 is 0 Å². The minimum absolute atomic E-state index is 0.552. The molecule has 0 aliphatic carbocycles. The molecule has 1 unspecified atom stereocenters. The zero-order chi connectivity index (χ0) is 13.2. The highest BCUT2D eigenvalue weighted by atomic mass is 19.4. The van der Waals surface area contributed by atoms with Gasteiger partial charge in [-0.2, -0.15) is 17.6 Å². The van der Waals surface area contributed by atoms with Gasteiger partial charge in [0.2, 0.25) is 5.82 Å². The molecule has 0 amide bonds. The number of nitro groups is 1. The molecule has 0 saturated carbocycles. The van der Waals surface area contributed by atoms with Crippen molar-refractivity contribution < 1.29 is 27.6 Å². The second-order valence-corrected chi connectivity index (χ2v) is 3.27. The zero-order valence-corrected chi connectivity index (χ0v) is 8.24. The SMILES string of the molecule is O=[N+]([O-])c1cccc(CC(O)C(F)(F)F)c1F. The zero-order valence-electron chi connectivity index (χ0n) is 8.24. The van der Waals surface area contributed by atoms with E-state index in [1.165, 1.54) is 0 Å². The summed E-state index contributed by atoms with van der Waals surface area (Å²) in [4.78, 5) is 9.29. The van der Waals surface area contributed by atoms with Crippen molar-refractivity contribution in [2.24, 2.45) is 0 Å². The first-order chi connectivity index (χ1) is 7.73. The maximum Gasteiger partial charge on any atom is 0.414 e. The Morgan fingerprint density at radius 3 is 2.47 bits per heavy atom. The molecular formula is C9H7F4NO3. The first-order valence-electron chi connectivity index (χ1n) is 4.40. The third-order valence-corrected chi connectivity index (χ3v) is 2.05. The number of nitrogens with zero attached hydrogens (tertiary/aromatic N) is 1. The lowest BCUT2D eigenvalue weighted by molar-refractivity contribution is -0.387. The van der Waals surface area contributed by atoms with Crippen LogP contribution in [0.5, 0.6) is 0 Å². The minimum Gasteiger partial charge on any atom is -0.383 e. The molecule has 1 rings (SSSR count). The van der Waals surface area contributed by atoms with Crippen LogP contribution in [0.15, 0.2) is 18.2 Å². The van der Waals surface area contributed by atoms with Crippen molar-refractivity contribution in [3.05, 3.63) is 39.7 Å². The van der Waals surface area contributed by atoms with Crippen LogP contribution in [0.2, 0.25) is 0 Å². The molecule has 0 aromatic heterocycles. The van der Waals surface area contributed by atoms with E-state index in [1.54, 1.807) is 0 Å². The molecule has 0 saturated heterocycles. The molecule has 0 fully saturated rings. The second-order valence-electron chi connectivity index (χ2n) is 3.27. The molecule has 0 heterocycles. The summed E-state index contributed by atoms with van der Waals surface area (Å²) < 4.78 is 49.4. The maximum atomic E-state index is 13.4. The molecule has 0 radical (unpaired) electrons. The molecule has 1 aromatic rings. The highest BCUT2D eigenvalue weighted by molar-refractivity contribution is 5.37. The number of aliphatic hydroxyl groups excluding tert-OH is 1. The van der Waals surface area contributed by atoms with Crippen LogP contribution >= 0.6 is 0 Å². The van der Waals surface area contributed by atoms with Crippen molar-refractivity contribution in [3.63, 3.8) is 0 Å². The van der Waals surface area contributed by atoms with E-state index in [1.807, 2.05) is 0 Å². The molecular weight excluding hydrogens is 246 g/mol. The Kier molecular flexibility index (Phi) is 3.66. The Hall–Kier alpha value is -1.70. The Morgan fingerprint density at radius 2 is 2.00 bits per heavy atom. The number of benzene rings is 1. The molecule has 1 atom stereocenters. The van der Waals surface area contributed by atoms with Crippen molar-refractivity contribution in [1.29, 1.82) is 0 Å². The van der Waals surface area contributed by atoms with E-state index in [-0.39, 0.29) is 0 Å². The van der Waals surface area contributed by atoms with Crippen LogP contribution in [0.3, 0.4) is 0 Å². The third kappa shape index (κ3) is 3.13. The quantitative estimate of drug-likeness (QED) is 0.510. The lowest BCUT2D eigenvalue weighted by Crippen LogP contribution is -2.30. The molecule has 1 N–H and O–H groups in total. The summed E-state index contributed by atoms with van der Waals surface area (Å²) in [7, 11) is 0. The molecule has 8 heteroatoms. The number of nitro benzene ring substituents is 1. The lowest BCUT2D eigenvalue weighted by Gasteiger charge is -2.14. The topological polar surface area (TPSA) is 63.4 Å². The van der Waals surface area contributed by atoms with Crippen molar-refractivity contribution >= 4 is 5.69 Å². The summed E-state index contributed by atoms with van der Waals surface area (Å²) in [6.45, 7) is 0. The highest BCUT2D eigenvalue weighted by Crippen LogP contribution is 2.26. The van der Waals surface area contributed by atoms with Gasteiger partial charge in [0.25, 0.3) is 0 Å². The van der Waals surface area contributed by atoms with Crippen LogP contribution in [0, 0.1) is 15.9 Å². The summed E-state index contributed by atoms with van der Waals surface area (Å²) in [6.07, 6.45) is -8.70. The van der Waals surface area contributed by atoms with E-state index in [4.69, 9.17) is 5.11 Å². The van der Waals surface area contributed by atoms with Crippen LogP contribution in [-0.2, 0) is 6.42 Å². The number of alkyl halides is 3. The van der Waals surface area contributed by atoms with E-state index in [9.17, 15) is 27.7 Å². The van der Waals surface area contributed by atoms with E-state index >= 15 is 0 Å². The van der Waals surface area contributed by atoms with Crippen molar-refractivity contribution in [2.45, 2.75) is 18.7 Å². The normalized spacial score (nSPS) is 13.5. The Labute approximate surface area is 92.6 Å². The molecule has 0 aliphatic heterocycles. The largest absolute Gasteiger partial charge is 0.414 e. The lowest BCUT2D eigenvalue weighted by atomic mass is 10.1. The average molecular weight is 253 g/mol. The molecule has 0 aliphatic rings. The van der Waals surface area contributed by atoms with Crippen molar-refractivity contribution in [2.75, 3.05) is 0 Å². The molecule has 94 valence electrons. The summed E-state index contributed by atoms with van der Waals surface area (Å²) in [5.74, 6) is -1.36. The predicted molar refractivity (Wildman–Crippen MR) is 48.8 cm³/mol. The Balaban J connectivity index is 3.01. The summed E-state index contributed by atoms with van der Waals surface area (Å²) in [5, 5.41) is 19.1. The van der Waals surface area contributed by atoms with Crippen LogP contribution in [0.25, 0.3) is 0 Å². The van der Waals surface area contributed by atoms with Gasteiger partial charge in [0.1, 0.15) is 0 Å². The minimum atomic E-state index is -4.89. The Bertz CT molecular complexity index is 433. The highest BCUT2D eigenvalue weighted by Gasteiger charge is 2.38. The number of hydrogen-bond acceptors (Lipinski definition) is 3. The van der Waals surface area contributed by atoms with Crippen LogP contribution in [-0.4, -0.2) is 22.3 Å². The fraction of sp³-hybridized carbons (Fsp3) is 0.333. The molecule has 17 heavy (non-hydrogen) atoms. The maximum absolute atomic E-state index is 13.4. The van der Waals surface area contributed by atoms with Gasteiger partial charge < -0.3 is 5.11 Å². The van der Waals surface area contributed by atoms with Gasteiger partial charge >= 0.3 is 11.9 Å². The third-order valence-electron chi connectivity index (χ3n) is 2.05. The van der Waals surface area contributed by atoms with Gasteiger partial charge in [0.15, 0.2) is 6.10 Å². The molecule has 0 bridgehead atoms. The smallest absolute Gasteiger partial charge is 0.383 e. The van der Waals surface area contributed by atoms with E-state index in [2.05, 4.69) is 0 Å². The molecule has 0 spiro atoms. The van der Waals surface area contributed by atoms with Gasteiger partial charge in [-0.3, -0.25) is 10.1 Å². The van der Waals surface area contributed by atoms with E-state index in [0.29, 0.717) is 0 Å². The first kappa shape index (κ1) is 13.4. The summed E-state index contributed by atoms with van der Waals surface area (Å²) >= 11 is 0. The van der Waals surface area contributed by atoms with E-state index in [0.717, 1.165) is 18.2 Å². The van der Waals surface area contributed by atoms with Crippen molar-refractivity contribution in [3.8, 4) is 0 Å². The number of halogens is 4. The summed E-state index contributed by atoms with van der Waals surface area (Å²) in [5.41, 5.74) is -1.47. The van der Waals surface area contributed by atoms with Gasteiger partial charge in [-0.05, 0) is 5.56 Å². The predicted octanol–water partition coefficient (Wildman–Crippen LogP) is 2.20. The average Bonchev–Trinajstić information content (AvgIpc) is 2.19. The second kappa shape index (κ2) is 4.66. The summed E-state index contributed by atoms with van der Waals surface area (Å²) in [6, 6.07) is 2.84. The number of rotatable bonds is 3. The number of aliphatic hydroxyl groups is 1.